The Bertz CT molecular complexity index is 797. The number of rotatable bonds is 4. The number of anilines is 1. The third kappa shape index (κ3) is 3.96. The first-order valence-electron chi connectivity index (χ1n) is 8.17. The topological polar surface area (TPSA) is 88.4 Å². The van der Waals surface area contributed by atoms with E-state index in [-0.39, 0.29) is 17.6 Å². The van der Waals surface area contributed by atoms with Gasteiger partial charge in [0, 0.05) is 29.6 Å². The van der Waals surface area contributed by atoms with Gasteiger partial charge in [-0.2, -0.15) is 0 Å². The molecule has 0 saturated carbocycles. The van der Waals surface area contributed by atoms with Crippen LogP contribution in [0, 0.1) is 24.0 Å². The van der Waals surface area contributed by atoms with E-state index in [0.29, 0.717) is 5.56 Å². The second-order valence-electron chi connectivity index (χ2n) is 6.23. The molecule has 132 valence electrons. The standard InChI is InChI=1S/C17H20N4O3S/c1-11-9-16(18-10-14(11)21(23)24)20-7-5-13(6-8-20)19-17(22)15-4-3-12(2)25-15/h3-4,9-10,13H,5-8H2,1-2H3,(H,19,22). The minimum absolute atomic E-state index is 0.0131. The molecule has 0 aromatic carbocycles. The number of amides is 1. The van der Waals surface area contributed by atoms with E-state index >= 15 is 0 Å². The van der Waals surface area contributed by atoms with E-state index in [0.717, 1.165) is 41.5 Å². The number of carbonyl (C=O) groups is 1. The Balaban J connectivity index is 1.57. The first-order valence-corrected chi connectivity index (χ1v) is 8.99. The summed E-state index contributed by atoms with van der Waals surface area (Å²) in [4.78, 5) is 30.9. The van der Waals surface area contributed by atoms with E-state index in [1.165, 1.54) is 17.5 Å². The summed E-state index contributed by atoms with van der Waals surface area (Å²) in [6.07, 6.45) is 2.97. The molecule has 1 amide bonds. The van der Waals surface area contributed by atoms with Crippen molar-refractivity contribution in [2.45, 2.75) is 32.7 Å². The van der Waals surface area contributed by atoms with Crippen molar-refractivity contribution in [3.8, 4) is 0 Å². The first kappa shape index (κ1) is 17.3. The molecular formula is C17H20N4O3S. The summed E-state index contributed by atoms with van der Waals surface area (Å²) in [5, 5.41) is 14.0. The number of thiophene rings is 1. The molecule has 3 rings (SSSR count). The first-order chi connectivity index (χ1) is 11.9. The highest BCUT2D eigenvalue weighted by molar-refractivity contribution is 7.13. The fraction of sp³-hybridized carbons (Fsp3) is 0.412. The van der Waals surface area contributed by atoms with Gasteiger partial charge in [0.2, 0.25) is 0 Å². The van der Waals surface area contributed by atoms with Gasteiger partial charge in [-0.15, -0.1) is 11.3 Å². The summed E-state index contributed by atoms with van der Waals surface area (Å²) in [5.74, 6) is 0.739. The zero-order valence-electron chi connectivity index (χ0n) is 14.2. The lowest BCUT2D eigenvalue weighted by Gasteiger charge is -2.33. The summed E-state index contributed by atoms with van der Waals surface area (Å²) in [5.41, 5.74) is 0.649. The molecule has 7 nitrogen and oxygen atoms in total. The number of piperidine rings is 1. The fourth-order valence-corrected chi connectivity index (χ4v) is 3.73. The third-order valence-corrected chi connectivity index (χ3v) is 5.38. The lowest BCUT2D eigenvalue weighted by Crippen LogP contribution is -2.44. The minimum atomic E-state index is -0.416. The number of nitro groups is 1. The smallest absolute Gasteiger partial charge is 0.290 e. The maximum atomic E-state index is 12.2. The molecule has 2 aromatic heterocycles. The van der Waals surface area contributed by atoms with Crippen molar-refractivity contribution in [3.63, 3.8) is 0 Å². The molecule has 1 N–H and O–H groups in total. The van der Waals surface area contributed by atoms with Crippen LogP contribution in [0.15, 0.2) is 24.4 Å². The summed E-state index contributed by atoms with van der Waals surface area (Å²) < 4.78 is 0. The van der Waals surface area contributed by atoms with Gasteiger partial charge in [0.15, 0.2) is 0 Å². The highest BCUT2D eigenvalue weighted by Crippen LogP contribution is 2.24. The zero-order chi connectivity index (χ0) is 18.0. The van der Waals surface area contributed by atoms with Gasteiger partial charge in [-0.1, -0.05) is 0 Å². The van der Waals surface area contributed by atoms with Crippen molar-refractivity contribution in [2.24, 2.45) is 0 Å². The van der Waals surface area contributed by atoms with Crippen molar-refractivity contribution >= 4 is 28.7 Å². The van der Waals surface area contributed by atoms with Gasteiger partial charge in [-0.05, 0) is 44.9 Å². The Morgan fingerprint density at radius 3 is 2.64 bits per heavy atom. The van der Waals surface area contributed by atoms with Crippen molar-refractivity contribution in [2.75, 3.05) is 18.0 Å². The summed E-state index contributed by atoms with van der Waals surface area (Å²) in [7, 11) is 0. The minimum Gasteiger partial charge on any atom is -0.356 e. The van der Waals surface area contributed by atoms with Crippen LogP contribution in [0.2, 0.25) is 0 Å². The van der Waals surface area contributed by atoms with Crippen molar-refractivity contribution in [1.82, 2.24) is 10.3 Å². The Hall–Kier alpha value is -2.48. The highest BCUT2D eigenvalue weighted by atomic mass is 32.1. The number of aromatic nitrogens is 1. The Kier molecular flexibility index (Phi) is 4.98. The molecule has 0 radical (unpaired) electrons. The quantitative estimate of drug-likeness (QED) is 0.669. The number of aryl methyl sites for hydroxylation is 2. The maximum Gasteiger partial charge on any atom is 0.290 e. The average molecular weight is 360 g/mol. The van der Waals surface area contributed by atoms with Crippen LogP contribution in [0.25, 0.3) is 0 Å². The molecular weight excluding hydrogens is 340 g/mol. The number of nitrogens with zero attached hydrogens (tertiary/aromatic N) is 3. The van der Waals surface area contributed by atoms with Gasteiger partial charge in [0.05, 0.1) is 9.80 Å². The SMILES string of the molecule is Cc1ccc(C(=O)NC2CCN(c3cc(C)c([N+](=O)[O-])cn3)CC2)s1. The molecule has 1 aliphatic rings. The molecule has 0 unspecified atom stereocenters. The monoisotopic (exact) mass is 360 g/mol. The van der Waals surface area contributed by atoms with Crippen LogP contribution in [-0.4, -0.2) is 34.9 Å². The Labute approximate surface area is 149 Å². The molecule has 25 heavy (non-hydrogen) atoms. The van der Waals surface area contributed by atoms with Gasteiger partial charge in [-0.25, -0.2) is 4.98 Å². The predicted molar refractivity (Wildman–Crippen MR) is 97.4 cm³/mol. The largest absolute Gasteiger partial charge is 0.356 e. The van der Waals surface area contributed by atoms with Gasteiger partial charge in [0.1, 0.15) is 12.0 Å². The van der Waals surface area contributed by atoms with Crippen LogP contribution in [0.4, 0.5) is 11.5 Å². The average Bonchev–Trinajstić information content (AvgIpc) is 3.02. The van der Waals surface area contributed by atoms with E-state index in [9.17, 15) is 14.9 Å². The molecule has 0 bridgehead atoms. The second-order valence-corrected chi connectivity index (χ2v) is 7.52. The number of carbonyl (C=O) groups excluding carboxylic acids is 1. The van der Waals surface area contributed by atoms with Gasteiger partial charge in [-0.3, -0.25) is 14.9 Å². The Morgan fingerprint density at radius 2 is 2.08 bits per heavy atom. The van der Waals surface area contributed by atoms with Crippen LogP contribution in [-0.2, 0) is 0 Å². The van der Waals surface area contributed by atoms with E-state index in [2.05, 4.69) is 15.2 Å². The number of hydrogen-bond donors (Lipinski definition) is 1. The molecule has 1 aliphatic heterocycles. The lowest BCUT2D eigenvalue weighted by molar-refractivity contribution is -0.385. The summed E-state index contributed by atoms with van der Waals surface area (Å²) >= 11 is 1.50. The van der Waals surface area contributed by atoms with Crippen molar-refractivity contribution in [1.29, 1.82) is 0 Å². The molecule has 0 aliphatic carbocycles. The summed E-state index contributed by atoms with van der Waals surface area (Å²) in [6.45, 7) is 5.23. The van der Waals surface area contributed by atoms with E-state index < -0.39 is 4.92 Å². The van der Waals surface area contributed by atoms with Gasteiger partial charge < -0.3 is 10.2 Å². The molecule has 3 heterocycles. The normalized spacial score (nSPS) is 15.2. The summed E-state index contributed by atoms with van der Waals surface area (Å²) in [6, 6.07) is 5.70. The lowest BCUT2D eigenvalue weighted by atomic mass is 10.0. The van der Waals surface area contributed by atoms with Crippen molar-refractivity contribution < 1.29 is 9.72 Å². The van der Waals surface area contributed by atoms with Gasteiger partial charge in [0.25, 0.3) is 11.6 Å². The molecule has 0 atom stereocenters. The molecule has 2 aromatic rings. The fourth-order valence-electron chi connectivity index (χ4n) is 2.96. The van der Waals surface area contributed by atoms with E-state index in [1.807, 2.05) is 19.1 Å². The number of nitrogens with one attached hydrogen (secondary N) is 1. The second kappa shape index (κ2) is 7.18. The third-order valence-electron chi connectivity index (χ3n) is 4.38. The van der Waals surface area contributed by atoms with E-state index in [4.69, 9.17) is 0 Å². The zero-order valence-corrected chi connectivity index (χ0v) is 15.0. The maximum absolute atomic E-state index is 12.2. The van der Waals surface area contributed by atoms with Crippen LogP contribution < -0.4 is 10.2 Å². The van der Waals surface area contributed by atoms with Crippen LogP contribution in [0.5, 0.6) is 0 Å². The number of pyridine rings is 1. The van der Waals surface area contributed by atoms with Crippen LogP contribution in [0.3, 0.4) is 0 Å². The van der Waals surface area contributed by atoms with Crippen molar-refractivity contribution in [3.05, 3.63) is 49.8 Å². The van der Waals surface area contributed by atoms with Crippen LogP contribution in [0.1, 0.15) is 33.0 Å². The highest BCUT2D eigenvalue weighted by Gasteiger charge is 2.23. The Morgan fingerprint density at radius 1 is 1.36 bits per heavy atom. The molecule has 1 saturated heterocycles. The van der Waals surface area contributed by atoms with E-state index in [1.54, 1.807) is 13.0 Å². The molecule has 1 fully saturated rings. The predicted octanol–water partition coefficient (Wildman–Crippen LogP) is 3.07. The van der Waals surface area contributed by atoms with Crippen LogP contribution >= 0.6 is 11.3 Å². The van der Waals surface area contributed by atoms with Gasteiger partial charge >= 0.3 is 0 Å². The molecule has 8 heteroatoms. The number of hydrogen-bond acceptors (Lipinski definition) is 6. The molecule has 0 spiro atoms.